The molecule has 1 fully saturated rings. The molecule has 212 valence electrons. The minimum Gasteiger partial charge on any atom is -0.352 e. The number of piperazine rings is 1. The van der Waals surface area contributed by atoms with Gasteiger partial charge >= 0.3 is 11.9 Å². The molecule has 0 radical (unpaired) electrons. The molecule has 2 atom stereocenters. The second kappa shape index (κ2) is 10.5. The van der Waals surface area contributed by atoms with Crippen LogP contribution in [0.5, 0.6) is 0 Å². The normalized spacial score (nSPS) is 19.6. The van der Waals surface area contributed by atoms with Crippen molar-refractivity contribution in [3.63, 3.8) is 0 Å². The van der Waals surface area contributed by atoms with Crippen molar-refractivity contribution in [1.82, 2.24) is 14.5 Å². The zero-order chi connectivity index (χ0) is 29.1. The topological polar surface area (TPSA) is 58.4 Å². The Morgan fingerprint density at radius 1 is 1.15 bits per heavy atom. The van der Waals surface area contributed by atoms with E-state index in [2.05, 4.69) is 27.5 Å². The summed E-state index contributed by atoms with van der Waals surface area (Å²) in [5, 5.41) is 0.101. The Morgan fingerprint density at radius 3 is 2.45 bits per heavy atom. The maximum Gasteiger partial charge on any atom is 0.417 e. The lowest BCUT2D eigenvalue weighted by Crippen LogP contribution is -2.58. The number of halogens is 6. The highest BCUT2D eigenvalue weighted by molar-refractivity contribution is 9.10. The molecule has 2 unspecified atom stereocenters. The predicted octanol–water partition coefficient (Wildman–Crippen LogP) is 6.23. The molecule has 1 saturated heterocycles. The van der Waals surface area contributed by atoms with Gasteiger partial charge in [0.05, 0.1) is 15.6 Å². The summed E-state index contributed by atoms with van der Waals surface area (Å²) in [6.45, 7) is 7.81. The summed E-state index contributed by atoms with van der Waals surface area (Å²) < 4.78 is 74.4. The second-order valence-electron chi connectivity index (χ2n) is 9.89. The third kappa shape index (κ3) is 4.80. The van der Waals surface area contributed by atoms with Gasteiger partial charge in [-0.05, 0) is 60.2 Å². The lowest BCUT2D eigenvalue weighted by atomic mass is 9.95. The monoisotopic (exact) mass is 642 g/mol. The van der Waals surface area contributed by atoms with Gasteiger partial charge in [-0.3, -0.25) is 9.36 Å². The number of thioether (sulfide) groups is 1. The fraction of sp³-hybridized carbons (Fsp3) is 0.370. The SMILES string of the molecule is C=CC(=O)N1C(C)CN(c2nc(=O)n3c4c(c(-c5cc(Br)c(F)cc5F)c(C(F)(F)F)cc24)SCCC3)CC1C. The molecule has 13 heteroatoms. The first kappa shape index (κ1) is 28.6. The molecule has 1 aromatic heterocycles. The van der Waals surface area contributed by atoms with Crippen LogP contribution in [0.3, 0.4) is 0 Å². The van der Waals surface area contributed by atoms with Gasteiger partial charge in [0.1, 0.15) is 17.5 Å². The number of hydrogen-bond donors (Lipinski definition) is 0. The number of rotatable bonds is 3. The molecule has 5 rings (SSSR count). The summed E-state index contributed by atoms with van der Waals surface area (Å²) in [4.78, 5) is 33.4. The third-order valence-electron chi connectivity index (χ3n) is 7.20. The van der Waals surface area contributed by atoms with Crippen LogP contribution in [0.4, 0.5) is 27.8 Å². The Balaban J connectivity index is 1.83. The van der Waals surface area contributed by atoms with E-state index in [9.17, 15) is 27.2 Å². The minimum absolute atomic E-state index is 0.0715. The van der Waals surface area contributed by atoms with E-state index in [4.69, 9.17) is 0 Å². The van der Waals surface area contributed by atoms with E-state index in [0.29, 0.717) is 18.2 Å². The minimum atomic E-state index is -4.91. The number of aromatic nitrogens is 2. The third-order valence-corrected chi connectivity index (χ3v) is 8.99. The van der Waals surface area contributed by atoms with Crippen molar-refractivity contribution in [3.8, 4) is 11.1 Å². The Kier molecular flexibility index (Phi) is 7.49. The van der Waals surface area contributed by atoms with Crippen LogP contribution in [0.2, 0.25) is 0 Å². The molecule has 0 aliphatic carbocycles. The standard InChI is InChI=1S/C27H24BrF5N4O2S/c1-4-21(38)37-13(2)11-35(12-14(37)3)25-16-8-17(27(31,32)33)22(15-9-18(28)20(30)10-19(15)29)24-23(16)36(26(39)34-25)6-5-7-40-24/h4,8-10,13-14H,1,5-7,11-12H2,2-3H3. The number of nitrogens with zero attached hydrogens (tertiary/aromatic N) is 4. The van der Waals surface area contributed by atoms with Gasteiger partial charge in [-0.25, -0.2) is 13.6 Å². The highest BCUT2D eigenvalue weighted by atomic mass is 79.9. The zero-order valence-electron chi connectivity index (χ0n) is 21.5. The van der Waals surface area contributed by atoms with Crippen LogP contribution in [0.25, 0.3) is 22.0 Å². The van der Waals surface area contributed by atoms with Crippen molar-refractivity contribution < 1.29 is 26.7 Å². The molecule has 1 amide bonds. The number of benzene rings is 2. The average Bonchev–Trinajstić information content (AvgIpc) is 3.11. The van der Waals surface area contributed by atoms with E-state index in [-0.39, 0.29) is 63.7 Å². The molecule has 3 heterocycles. The summed E-state index contributed by atoms with van der Waals surface area (Å²) >= 11 is 4.06. The fourth-order valence-electron chi connectivity index (χ4n) is 5.62. The van der Waals surface area contributed by atoms with E-state index < -0.39 is 40.2 Å². The summed E-state index contributed by atoms with van der Waals surface area (Å²) in [7, 11) is 0. The number of carbonyl (C=O) groups is 1. The van der Waals surface area contributed by atoms with Crippen molar-refractivity contribution in [2.24, 2.45) is 0 Å². The van der Waals surface area contributed by atoms with E-state index in [1.165, 1.54) is 10.6 Å². The Hall–Kier alpha value is -2.93. The van der Waals surface area contributed by atoms with Gasteiger partial charge < -0.3 is 9.80 Å². The molecule has 2 aliphatic heterocycles. The van der Waals surface area contributed by atoms with Crippen molar-refractivity contribution >= 4 is 50.3 Å². The van der Waals surface area contributed by atoms with Crippen LogP contribution in [0.1, 0.15) is 25.8 Å². The number of hydrogen-bond acceptors (Lipinski definition) is 5. The van der Waals surface area contributed by atoms with E-state index in [1.807, 2.05) is 0 Å². The van der Waals surface area contributed by atoms with Crippen molar-refractivity contribution in [1.29, 1.82) is 0 Å². The van der Waals surface area contributed by atoms with Crippen molar-refractivity contribution in [2.75, 3.05) is 23.7 Å². The van der Waals surface area contributed by atoms with Crippen molar-refractivity contribution in [3.05, 3.63) is 63.0 Å². The summed E-state index contributed by atoms with van der Waals surface area (Å²) in [5.74, 6) is -1.92. The first-order chi connectivity index (χ1) is 18.8. The van der Waals surface area contributed by atoms with Crippen LogP contribution in [-0.4, -0.2) is 51.3 Å². The largest absolute Gasteiger partial charge is 0.417 e. The Bertz CT molecular complexity index is 1600. The smallest absolute Gasteiger partial charge is 0.352 e. The first-order valence-electron chi connectivity index (χ1n) is 12.5. The molecule has 0 bridgehead atoms. The number of carbonyl (C=O) groups excluding carboxylic acids is 1. The highest BCUT2D eigenvalue weighted by Gasteiger charge is 2.40. The van der Waals surface area contributed by atoms with Crippen LogP contribution in [0, 0.1) is 11.6 Å². The molecule has 2 aliphatic rings. The molecule has 6 nitrogen and oxygen atoms in total. The number of anilines is 1. The summed E-state index contributed by atoms with van der Waals surface area (Å²) in [6.07, 6.45) is -3.23. The van der Waals surface area contributed by atoms with Crippen LogP contribution >= 0.6 is 27.7 Å². The fourth-order valence-corrected chi connectivity index (χ4v) is 7.16. The number of amides is 1. The quantitative estimate of drug-likeness (QED) is 0.193. The van der Waals surface area contributed by atoms with Crippen molar-refractivity contribution in [2.45, 2.75) is 50.0 Å². The summed E-state index contributed by atoms with van der Waals surface area (Å²) in [5.41, 5.74) is -2.40. The molecular formula is C27H24BrF5N4O2S. The molecule has 3 aromatic rings. The molecule has 0 N–H and O–H groups in total. The average molecular weight is 643 g/mol. The van der Waals surface area contributed by atoms with Crippen LogP contribution in [-0.2, 0) is 17.5 Å². The maximum absolute atomic E-state index is 15.1. The van der Waals surface area contributed by atoms with E-state index in [1.54, 1.807) is 23.6 Å². The molecule has 0 saturated carbocycles. The Morgan fingerprint density at radius 2 is 1.82 bits per heavy atom. The second-order valence-corrected chi connectivity index (χ2v) is 11.9. The Labute approximate surface area is 239 Å². The predicted molar refractivity (Wildman–Crippen MR) is 148 cm³/mol. The van der Waals surface area contributed by atoms with Gasteiger partial charge in [0.2, 0.25) is 5.91 Å². The van der Waals surface area contributed by atoms with E-state index in [0.717, 1.165) is 23.9 Å². The van der Waals surface area contributed by atoms with E-state index >= 15 is 4.39 Å². The van der Waals surface area contributed by atoms with Gasteiger partial charge in [0.25, 0.3) is 0 Å². The number of aryl methyl sites for hydroxylation is 1. The number of alkyl halides is 3. The van der Waals surface area contributed by atoms with Crippen LogP contribution in [0.15, 0.2) is 45.0 Å². The first-order valence-corrected chi connectivity index (χ1v) is 14.3. The van der Waals surface area contributed by atoms with Gasteiger partial charge in [0, 0.05) is 59.2 Å². The summed E-state index contributed by atoms with van der Waals surface area (Å²) in [6, 6.07) is 1.75. The van der Waals surface area contributed by atoms with Gasteiger partial charge in [0.15, 0.2) is 0 Å². The lowest BCUT2D eigenvalue weighted by molar-refractivity contribution is -0.137. The molecule has 2 aromatic carbocycles. The lowest BCUT2D eigenvalue weighted by Gasteiger charge is -2.44. The van der Waals surface area contributed by atoms with Gasteiger partial charge in [-0.1, -0.05) is 6.58 Å². The molecule has 40 heavy (non-hydrogen) atoms. The molecular weight excluding hydrogens is 619 g/mol. The van der Waals surface area contributed by atoms with Gasteiger partial charge in [-0.15, -0.1) is 11.8 Å². The molecule has 0 spiro atoms. The van der Waals surface area contributed by atoms with Crippen LogP contribution < -0.4 is 10.6 Å². The van der Waals surface area contributed by atoms with Gasteiger partial charge in [-0.2, -0.15) is 18.2 Å². The maximum atomic E-state index is 15.1. The highest BCUT2D eigenvalue weighted by Crippen LogP contribution is 2.49. The zero-order valence-corrected chi connectivity index (χ0v) is 23.9.